The third-order valence-electron chi connectivity index (χ3n) is 4.00. The van der Waals surface area contributed by atoms with Gasteiger partial charge in [-0.1, -0.05) is 13.3 Å². The molecule has 0 aliphatic heterocycles. The number of esters is 1. The van der Waals surface area contributed by atoms with Crippen molar-refractivity contribution in [1.29, 1.82) is 5.26 Å². The van der Waals surface area contributed by atoms with Gasteiger partial charge in [0.15, 0.2) is 5.57 Å². The molecular formula is C17H21N3O3S. The van der Waals surface area contributed by atoms with Crippen molar-refractivity contribution in [3.8, 4) is 6.07 Å². The van der Waals surface area contributed by atoms with Crippen molar-refractivity contribution in [3.05, 3.63) is 33.2 Å². The maximum absolute atomic E-state index is 12.2. The summed E-state index contributed by atoms with van der Waals surface area (Å²) in [5, 5.41) is 8.89. The van der Waals surface area contributed by atoms with Crippen LogP contribution in [0.3, 0.4) is 0 Å². The third kappa shape index (κ3) is 4.36. The van der Waals surface area contributed by atoms with E-state index in [-0.39, 0.29) is 18.1 Å². The SMILES string of the molecule is CCOC(=O)/C(C#N)=C/NNC(=O)c1cc2c(s1)CC[C@H](CC)C2. The summed E-state index contributed by atoms with van der Waals surface area (Å²) < 4.78 is 4.73. The van der Waals surface area contributed by atoms with Crippen LogP contribution in [0.15, 0.2) is 17.8 Å². The molecule has 0 radical (unpaired) electrons. The zero-order valence-electron chi connectivity index (χ0n) is 13.8. The number of nitrogens with zero attached hydrogens (tertiary/aromatic N) is 1. The monoisotopic (exact) mass is 347 g/mol. The van der Waals surface area contributed by atoms with Crippen molar-refractivity contribution in [1.82, 2.24) is 10.9 Å². The Labute approximate surface area is 145 Å². The number of nitrogens with one attached hydrogen (secondary N) is 2. The number of hydrazine groups is 1. The van der Waals surface area contributed by atoms with E-state index in [1.807, 2.05) is 6.07 Å². The first-order valence-electron chi connectivity index (χ1n) is 8.03. The first-order chi connectivity index (χ1) is 11.6. The van der Waals surface area contributed by atoms with Gasteiger partial charge >= 0.3 is 5.97 Å². The van der Waals surface area contributed by atoms with Gasteiger partial charge in [-0.05, 0) is 43.7 Å². The largest absolute Gasteiger partial charge is 0.462 e. The molecule has 0 aromatic carbocycles. The second kappa shape index (κ2) is 8.50. The van der Waals surface area contributed by atoms with Gasteiger partial charge in [0.2, 0.25) is 0 Å². The quantitative estimate of drug-likeness (QED) is 0.357. The van der Waals surface area contributed by atoms with E-state index < -0.39 is 5.97 Å². The topological polar surface area (TPSA) is 91.2 Å². The lowest BCUT2D eigenvalue weighted by atomic mass is 9.87. The van der Waals surface area contributed by atoms with Crippen LogP contribution in [0, 0.1) is 17.2 Å². The number of carbonyl (C=O) groups excluding carboxylic acids is 2. The molecule has 0 saturated heterocycles. The van der Waals surface area contributed by atoms with Crippen molar-refractivity contribution in [2.24, 2.45) is 5.92 Å². The lowest BCUT2D eigenvalue weighted by molar-refractivity contribution is -0.138. The van der Waals surface area contributed by atoms with Crippen LogP contribution in [0.2, 0.25) is 0 Å². The Balaban J connectivity index is 1.95. The number of hydrogen-bond acceptors (Lipinski definition) is 6. The number of ether oxygens (including phenoxy) is 1. The molecule has 1 aliphatic carbocycles. The molecule has 1 aliphatic rings. The van der Waals surface area contributed by atoms with Crippen molar-refractivity contribution >= 4 is 23.2 Å². The highest BCUT2D eigenvalue weighted by atomic mass is 32.1. The average Bonchev–Trinajstić information content (AvgIpc) is 3.01. The van der Waals surface area contributed by atoms with Crippen LogP contribution in [-0.2, 0) is 22.4 Å². The molecule has 0 spiro atoms. The number of rotatable bonds is 6. The molecule has 24 heavy (non-hydrogen) atoms. The van der Waals surface area contributed by atoms with Crippen molar-refractivity contribution in [2.45, 2.75) is 39.5 Å². The molecule has 0 unspecified atom stereocenters. The second-order valence-electron chi connectivity index (χ2n) is 5.56. The number of aryl methyl sites for hydroxylation is 1. The maximum Gasteiger partial charge on any atom is 0.350 e. The van der Waals surface area contributed by atoms with Crippen LogP contribution in [0.4, 0.5) is 0 Å². The molecule has 1 aromatic heterocycles. The van der Waals surface area contributed by atoms with E-state index in [1.54, 1.807) is 13.0 Å². The Morgan fingerprint density at radius 2 is 2.29 bits per heavy atom. The first-order valence-corrected chi connectivity index (χ1v) is 8.85. The molecule has 7 heteroatoms. The Morgan fingerprint density at radius 3 is 2.96 bits per heavy atom. The molecule has 0 bridgehead atoms. The lowest BCUT2D eigenvalue weighted by Crippen LogP contribution is -2.33. The van der Waals surface area contributed by atoms with Crippen molar-refractivity contribution < 1.29 is 14.3 Å². The molecule has 1 amide bonds. The van der Waals surface area contributed by atoms with E-state index in [0.717, 1.165) is 25.5 Å². The van der Waals surface area contributed by atoms with E-state index >= 15 is 0 Å². The number of nitriles is 1. The highest BCUT2D eigenvalue weighted by molar-refractivity contribution is 7.14. The molecule has 2 N–H and O–H groups in total. The molecule has 0 fully saturated rings. The van der Waals surface area contributed by atoms with Crippen LogP contribution in [0.1, 0.15) is 46.8 Å². The molecule has 1 heterocycles. The van der Waals surface area contributed by atoms with Gasteiger partial charge in [-0.25, -0.2) is 4.79 Å². The summed E-state index contributed by atoms with van der Waals surface area (Å²) in [6.45, 7) is 4.04. The van der Waals surface area contributed by atoms with E-state index in [2.05, 4.69) is 17.8 Å². The first kappa shape index (κ1) is 18.0. The molecule has 2 rings (SSSR count). The fourth-order valence-corrected chi connectivity index (χ4v) is 3.74. The summed E-state index contributed by atoms with van der Waals surface area (Å²) in [7, 11) is 0. The summed E-state index contributed by atoms with van der Waals surface area (Å²) in [6, 6.07) is 3.67. The van der Waals surface area contributed by atoms with Crippen LogP contribution in [-0.4, -0.2) is 18.5 Å². The minimum atomic E-state index is -0.723. The fourth-order valence-electron chi connectivity index (χ4n) is 2.64. The summed E-state index contributed by atoms with van der Waals surface area (Å²) >= 11 is 1.51. The van der Waals surface area contributed by atoms with Gasteiger partial charge < -0.3 is 10.2 Å². The van der Waals surface area contributed by atoms with Gasteiger partial charge in [0, 0.05) is 11.1 Å². The maximum atomic E-state index is 12.2. The summed E-state index contributed by atoms with van der Waals surface area (Å²) in [4.78, 5) is 25.5. The van der Waals surface area contributed by atoms with Crippen LogP contribution in [0.5, 0.6) is 0 Å². The number of thiophene rings is 1. The number of carbonyl (C=O) groups is 2. The minimum absolute atomic E-state index is 0.184. The van der Waals surface area contributed by atoms with E-state index in [4.69, 9.17) is 10.00 Å². The average molecular weight is 347 g/mol. The number of hydrogen-bond donors (Lipinski definition) is 2. The standard InChI is InChI=1S/C17H21N3O3S/c1-3-11-5-6-14-12(7-11)8-15(24-14)16(21)20-19-10-13(9-18)17(22)23-4-2/h8,10-11,19H,3-7H2,1-2H3,(H,20,21)/b13-10+/t11-/m0/s1. The second-order valence-corrected chi connectivity index (χ2v) is 6.70. The van der Waals surface area contributed by atoms with Gasteiger partial charge in [-0.3, -0.25) is 10.2 Å². The van der Waals surface area contributed by atoms with Gasteiger partial charge in [-0.2, -0.15) is 5.26 Å². The highest BCUT2D eigenvalue weighted by Crippen LogP contribution is 2.33. The molecule has 0 saturated carbocycles. The highest BCUT2D eigenvalue weighted by Gasteiger charge is 2.22. The summed E-state index contributed by atoms with van der Waals surface area (Å²) in [5.41, 5.74) is 6.04. The molecular weight excluding hydrogens is 326 g/mol. The summed E-state index contributed by atoms with van der Waals surface area (Å²) in [6.07, 6.45) is 5.53. The Morgan fingerprint density at radius 1 is 1.50 bits per heavy atom. The van der Waals surface area contributed by atoms with Gasteiger partial charge in [0.05, 0.1) is 11.5 Å². The fraction of sp³-hybridized carbons (Fsp3) is 0.471. The Kier molecular flexibility index (Phi) is 6.38. The van der Waals surface area contributed by atoms with Gasteiger partial charge in [0.25, 0.3) is 5.91 Å². The van der Waals surface area contributed by atoms with Crippen LogP contribution in [0.25, 0.3) is 0 Å². The molecule has 128 valence electrons. The molecule has 6 nitrogen and oxygen atoms in total. The Bertz CT molecular complexity index is 688. The zero-order valence-corrected chi connectivity index (χ0v) is 14.7. The molecule has 1 atom stereocenters. The Hall–Kier alpha value is -2.33. The predicted molar refractivity (Wildman–Crippen MR) is 91.1 cm³/mol. The van der Waals surface area contributed by atoms with E-state index in [9.17, 15) is 9.59 Å². The van der Waals surface area contributed by atoms with Crippen LogP contribution < -0.4 is 10.9 Å². The minimum Gasteiger partial charge on any atom is -0.462 e. The van der Waals surface area contributed by atoms with E-state index in [1.165, 1.54) is 28.2 Å². The number of fused-ring (bicyclic) bond motifs is 1. The normalized spacial score (nSPS) is 16.7. The molecule has 1 aromatic rings. The number of amides is 1. The van der Waals surface area contributed by atoms with Crippen molar-refractivity contribution in [3.63, 3.8) is 0 Å². The van der Waals surface area contributed by atoms with Gasteiger partial charge in [-0.15, -0.1) is 11.3 Å². The third-order valence-corrected chi connectivity index (χ3v) is 5.24. The zero-order chi connectivity index (χ0) is 17.5. The smallest absolute Gasteiger partial charge is 0.350 e. The summed E-state index contributed by atoms with van der Waals surface area (Å²) in [5.74, 6) is -0.300. The predicted octanol–water partition coefficient (Wildman–Crippen LogP) is 2.47. The lowest BCUT2D eigenvalue weighted by Gasteiger charge is -2.19. The van der Waals surface area contributed by atoms with Crippen LogP contribution >= 0.6 is 11.3 Å². The van der Waals surface area contributed by atoms with Crippen molar-refractivity contribution in [2.75, 3.05) is 6.61 Å². The van der Waals surface area contributed by atoms with Gasteiger partial charge in [0.1, 0.15) is 6.07 Å². The van der Waals surface area contributed by atoms with E-state index in [0.29, 0.717) is 10.8 Å².